The predicted octanol–water partition coefficient (Wildman–Crippen LogP) is 6.95. The molecule has 0 radical (unpaired) electrons. The lowest BCUT2D eigenvalue weighted by molar-refractivity contribution is 0.147. The summed E-state index contributed by atoms with van der Waals surface area (Å²) in [6.07, 6.45) is 5.43. The average molecular weight is 347 g/mol. The second kappa shape index (κ2) is 30.8. The van der Waals surface area contributed by atoms with Gasteiger partial charge in [-0.2, -0.15) is 0 Å². The maximum atomic E-state index is 2.67. The zero-order chi connectivity index (χ0) is 19.8. The Hall–Kier alpha value is -0.0800. The second-order valence-corrected chi connectivity index (χ2v) is 5.18. The van der Waals surface area contributed by atoms with E-state index >= 15 is 0 Å². The highest BCUT2D eigenvalue weighted by atomic mass is 15.1. The Balaban J connectivity index is -0.000000218. The van der Waals surface area contributed by atoms with Crippen LogP contribution in [0.2, 0.25) is 0 Å². The predicted molar refractivity (Wildman–Crippen MR) is 117 cm³/mol. The molecule has 0 aromatic rings. The largest absolute Gasteiger partial charge is 0.304 e. The average Bonchev–Trinajstić information content (AvgIpc) is 2.69. The van der Waals surface area contributed by atoms with Crippen LogP contribution in [0.5, 0.6) is 0 Å². The monoisotopic (exact) mass is 346 g/mol. The summed E-state index contributed by atoms with van der Waals surface area (Å²) in [6.45, 7) is 30.7. The van der Waals surface area contributed by atoms with E-state index in [9.17, 15) is 0 Å². The molecule has 2 nitrogen and oxygen atoms in total. The van der Waals surface area contributed by atoms with E-state index in [4.69, 9.17) is 0 Å². The van der Waals surface area contributed by atoms with Crippen molar-refractivity contribution in [2.24, 2.45) is 5.92 Å². The third-order valence-electron chi connectivity index (χ3n) is 3.75. The van der Waals surface area contributed by atoms with Crippen molar-refractivity contribution in [3.63, 3.8) is 0 Å². The number of hydrogen-bond acceptors (Lipinski definition) is 2. The highest BCUT2D eigenvalue weighted by Gasteiger charge is 2.19. The third kappa shape index (κ3) is 20.0. The Morgan fingerprint density at radius 2 is 1.08 bits per heavy atom. The van der Waals surface area contributed by atoms with Gasteiger partial charge in [-0.15, -0.1) is 0 Å². The quantitative estimate of drug-likeness (QED) is 0.492. The molecule has 0 aromatic heterocycles. The van der Waals surface area contributed by atoms with Crippen molar-refractivity contribution >= 4 is 0 Å². The van der Waals surface area contributed by atoms with Gasteiger partial charge in [-0.1, -0.05) is 76.2 Å². The maximum absolute atomic E-state index is 2.67. The van der Waals surface area contributed by atoms with E-state index in [2.05, 4.69) is 30.6 Å². The summed E-state index contributed by atoms with van der Waals surface area (Å²) < 4.78 is 0. The summed E-state index contributed by atoms with van der Waals surface area (Å²) in [5, 5.41) is 0. The van der Waals surface area contributed by atoms with Gasteiger partial charge in [0, 0.05) is 6.54 Å². The number of rotatable bonds is 7. The van der Waals surface area contributed by atoms with E-state index in [0.29, 0.717) is 0 Å². The lowest BCUT2D eigenvalue weighted by Crippen LogP contribution is -2.39. The van der Waals surface area contributed by atoms with Gasteiger partial charge in [0.05, 0.1) is 0 Å². The minimum absolute atomic E-state index is 0.959. The van der Waals surface area contributed by atoms with Gasteiger partial charge in [-0.05, 0) is 64.3 Å². The minimum atomic E-state index is 0.959. The highest BCUT2D eigenvalue weighted by molar-refractivity contribution is 4.74. The summed E-state index contributed by atoms with van der Waals surface area (Å²) in [4.78, 5) is 5.26. The first-order chi connectivity index (χ1) is 11.8. The first kappa shape index (κ1) is 31.7. The standard InChI is InChI=1S/C14H30N2.4C2H6/c1-4-9-16(10-5-2)13-14-7-11-15(6-3)12-8-14;4*1-2/h14H,4-13H2,1-3H3;4*1-2H3. The number of nitrogens with zero attached hydrogens (tertiary/aromatic N) is 2. The van der Waals surface area contributed by atoms with Gasteiger partial charge in [0.15, 0.2) is 0 Å². The molecule has 1 aliphatic heterocycles. The van der Waals surface area contributed by atoms with Crippen LogP contribution in [-0.4, -0.2) is 49.1 Å². The normalized spacial score (nSPS) is 14.0. The summed E-state index contributed by atoms with van der Waals surface area (Å²) in [6, 6.07) is 0. The minimum Gasteiger partial charge on any atom is -0.304 e. The van der Waals surface area contributed by atoms with Gasteiger partial charge in [0.2, 0.25) is 0 Å². The molecule has 0 aromatic carbocycles. The SMILES string of the molecule is CC.CC.CC.CC.CCCN(CCC)CC1CCN(CC)CC1. The van der Waals surface area contributed by atoms with Crippen LogP contribution >= 0.6 is 0 Å². The second-order valence-electron chi connectivity index (χ2n) is 5.18. The fraction of sp³-hybridized carbons (Fsp3) is 1.00. The zero-order valence-corrected chi connectivity index (χ0v) is 19.5. The molecule has 0 N–H and O–H groups in total. The van der Waals surface area contributed by atoms with Gasteiger partial charge >= 0.3 is 0 Å². The lowest BCUT2D eigenvalue weighted by Gasteiger charge is -2.34. The van der Waals surface area contributed by atoms with E-state index in [0.717, 1.165) is 5.92 Å². The maximum Gasteiger partial charge on any atom is 0.00106 e. The van der Waals surface area contributed by atoms with Crippen LogP contribution in [0.25, 0.3) is 0 Å². The Labute approximate surface area is 157 Å². The van der Waals surface area contributed by atoms with Crippen LogP contribution < -0.4 is 0 Å². The molecule has 0 spiro atoms. The van der Waals surface area contributed by atoms with Crippen molar-refractivity contribution in [1.29, 1.82) is 0 Å². The molecule has 1 saturated heterocycles. The summed E-state index contributed by atoms with van der Waals surface area (Å²) in [5.74, 6) is 0.959. The van der Waals surface area contributed by atoms with E-state index < -0.39 is 0 Å². The molecule has 0 amide bonds. The van der Waals surface area contributed by atoms with Crippen LogP contribution in [0.3, 0.4) is 0 Å². The van der Waals surface area contributed by atoms with E-state index in [1.807, 2.05) is 55.4 Å². The van der Waals surface area contributed by atoms with Gasteiger partial charge in [0.25, 0.3) is 0 Å². The van der Waals surface area contributed by atoms with Crippen molar-refractivity contribution in [3.05, 3.63) is 0 Å². The molecule has 0 unspecified atom stereocenters. The van der Waals surface area contributed by atoms with Crippen molar-refractivity contribution in [2.75, 3.05) is 39.3 Å². The van der Waals surface area contributed by atoms with Crippen LogP contribution in [0, 0.1) is 5.92 Å². The molecule has 24 heavy (non-hydrogen) atoms. The van der Waals surface area contributed by atoms with E-state index in [1.165, 1.54) is 65.0 Å². The molecule has 0 bridgehead atoms. The number of hydrogen-bond donors (Lipinski definition) is 0. The summed E-state index contributed by atoms with van der Waals surface area (Å²) in [5.41, 5.74) is 0. The van der Waals surface area contributed by atoms with Crippen molar-refractivity contribution < 1.29 is 0 Å². The van der Waals surface area contributed by atoms with Crippen LogP contribution in [0.15, 0.2) is 0 Å². The molecular weight excluding hydrogens is 292 g/mol. The molecule has 0 aliphatic carbocycles. The van der Waals surface area contributed by atoms with E-state index in [1.54, 1.807) is 0 Å². The Morgan fingerprint density at radius 1 is 0.708 bits per heavy atom. The lowest BCUT2D eigenvalue weighted by atomic mass is 9.96. The molecule has 1 fully saturated rings. The van der Waals surface area contributed by atoms with Gasteiger partial charge < -0.3 is 9.80 Å². The molecule has 1 aliphatic rings. The molecule has 152 valence electrons. The highest BCUT2D eigenvalue weighted by Crippen LogP contribution is 2.18. The van der Waals surface area contributed by atoms with E-state index in [-0.39, 0.29) is 0 Å². The van der Waals surface area contributed by atoms with Crippen LogP contribution in [0.1, 0.15) is 102 Å². The Bertz CT molecular complexity index is 157. The topological polar surface area (TPSA) is 6.48 Å². The van der Waals surface area contributed by atoms with Crippen molar-refractivity contribution in [2.45, 2.75) is 102 Å². The summed E-state index contributed by atoms with van der Waals surface area (Å²) >= 11 is 0. The molecule has 2 heteroatoms. The first-order valence-corrected chi connectivity index (χ1v) is 11.2. The Morgan fingerprint density at radius 3 is 1.38 bits per heavy atom. The molecule has 0 saturated carbocycles. The zero-order valence-electron chi connectivity index (χ0n) is 19.5. The van der Waals surface area contributed by atoms with Gasteiger partial charge in [-0.3, -0.25) is 0 Å². The molecule has 0 atom stereocenters. The fourth-order valence-electron chi connectivity index (χ4n) is 2.78. The van der Waals surface area contributed by atoms with Crippen molar-refractivity contribution in [3.8, 4) is 0 Å². The fourth-order valence-corrected chi connectivity index (χ4v) is 2.78. The van der Waals surface area contributed by atoms with Crippen LogP contribution in [-0.2, 0) is 0 Å². The molecule has 1 heterocycles. The smallest absolute Gasteiger partial charge is 0.00106 e. The van der Waals surface area contributed by atoms with Crippen molar-refractivity contribution in [1.82, 2.24) is 9.80 Å². The number of piperidine rings is 1. The van der Waals surface area contributed by atoms with Crippen LogP contribution in [0.4, 0.5) is 0 Å². The molecular formula is C22H54N2. The van der Waals surface area contributed by atoms with Gasteiger partial charge in [-0.25, -0.2) is 0 Å². The first-order valence-electron chi connectivity index (χ1n) is 11.2. The molecule has 1 rings (SSSR count). The summed E-state index contributed by atoms with van der Waals surface area (Å²) in [7, 11) is 0. The third-order valence-corrected chi connectivity index (χ3v) is 3.75. The van der Waals surface area contributed by atoms with Gasteiger partial charge in [0.1, 0.15) is 0 Å². The Kier molecular flexibility index (Phi) is 40.6. The number of likely N-dealkylation sites (tertiary alicyclic amines) is 1.